The average molecular weight is 530 g/mol. The highest BCUT2D eigenvalue weighted by Crippen LogP contribution is 2.25. The Morgan fingerprint density at radius 1 is 1.18 bits per heavy atom. The van der Waals surface area contributed by atoms with Crippen LogP contribution < -0.4 is 15.4 Å². The van der Waals surface area contributed by atoms with Crippen molar-refractivity contribution in [1.29, 1.82) is 0 Å². The summed E-state index contributed by atoms with van der Waals surface area (Å²) in [6, 6.07) is 14.5. The highest BCUT2D eigenvalue weighted by atomic mass is 79.9. The lowest BCUT2D eigenvalue weighted by Gasteiger charge is -2.11. The molecule has 0 aliphatic rings. The zero-order valence-corrected chi connectivity index (χ0v) is 20.5. The second-order valence-electron chi connectivity index (χ2n) is 6.73. The number of aromatic nitrogens is 3. The largest absolute Gasteiger partial charge is 0.492 e. The van der Waals surface area contributed by atoms with Crippen LogP contribution in [0.5, 0.6) is 5.75 Å². The summed E-state index contributed by atoms with van der Waals surface area (Å²) in [6.07, 6.45) is 1.71. The van der Waals surface area contributed by atoms with Crippen molar-refractivity contribution in [3.63, 3.8) is 0 Å². The second kappa shape index (κ2) is 12.2. The van der Waals surface area contributed by atoms with Crippen LogP contribution >= 0.6 is 27.7 Å². The van der Waals surface area contributed by atoms with E-state index in [0.717, 1.165) is 0 Å². The molecule has 0 unspecified atom stereocenters. The molecule has 0 aliphatic carbocycles. The SMILES string of the molecule is C=CCn1c(CNC(=O)c2ccccc2Br)nnc1SCC(=O)Nc1ccccc1OCC. The van der Waals surface area contributed by atoms with Gasteiger partial charge in [0, 0.05) is 11.0 Å². The maximum atomic E-state index is 12.5. The summed E-state index contributed by atoms with van der Waals surface area (Å²) in [5.41, 5.74) is 1.15. The summed E-state index contributed by atoms with van der Waals surface area (Å²) < 4.78 is 8.07. The quantitative estimate of drug-likeness (QED) is 0.284. The number of nitrogens with zero attached hydrogens (tertiary/aromatic N) is 3. The number of ether oxygens (including phenoxy) is 1. The first-order chi connectivity index (χ1) is 16.0. The normalized spacial score (nSPS) is 10.5. The molecule has 0 saturated heterocycles. The van der Waals surface area contributed by atoms with Gasteiger partial charge in [-0.25, -0.2) is 0 Å². The zero-order chi connectivity index (χ0) is 23.6. The summed E-state index contributed by atoms with van der Waals surface area (Å²) in [7, 11) is 0. The van der Waals surface area contributed by atoms with Crippen molar-refractivity contribution in [2.75, 3.05) is 17.7 Å². The topological polar surface area (TPSA) is 98.1 Å². The summed E-state index contributed by atoms with van der Waals surface area (Å²) in [6.45, 7) is 6.81. The van der Waals surface area contributed by atoms with Gasteiger partial charge in [-0.3, -0.25) is 9.59 Å². The Bertz CT molecular complexity index is 1130. The standard InChI is InChI=1S/C23H24BrN5O3S/c1-3-13-29-20(14-25-22(31)16-9-5-6-10-17(16)24)27-28-23(29)33-15-21(30)26-18-11-7-8-12-19(18)32-4-2/h3,5-12H,1,4,13-15H2,2H3,(H,25,31)(H,26,30). The molecule has 0 radical (unpaired) electrons. The number of allylic oxidation sites excluding steroid dienone is 1. The number of anilines is 1. The van der Waals surface area contributed by atoms with Crippen LogP contribution in [0.15, 0.2) is 70.8 Å². The van der Waals surface area contributed by atoms with Crippen LogP contribution in [-0.4, -0.2) is 38.9 Å². The number of benzene rings is 2. The van der Waals surface area contributed by atoms with E-state index in [4.69, 9.17) is 4.74 Å². The Hall–Kier alpha value is -3.11. The molecule has 0 aliphatic heterocycles. The van der Waals surface area contributed by atoms with Gasteiger partial charge in [0.25, 0.3) is 5.91 Å². The maximum absolute atomic E-state index is 12.5. The third kappa shape index (κ3) is 6.69. The Morgan fingerprint density at radius 3 is 2.70 bits per heavy atom. The lowest BCUT2D eigenvalue weighted by molar-refractivity contribution is -0.113. The predicted octanol–water partition coefficient (Wildman–Crippen LogP) is 4.29. The molecule has 0 atom stereocenters. The number of halogens is 1. The molecule has 0 fully saturated rings. The van der Waals surface area contributed by atoms with E-state index in [-0.39, 0.29) is 24.1 Å². The van der Waals surface area contributed by atoms with Crippen molar-refractivity contribution < 1.29 is 14.3 Å². The summed E-state index contributed by atoms with van der Waals surface area (Å²) in [5.74, 6) is 0.913. The van der Waals surface area contributed by atoms with E-state index in [1.165, 1.54) is 11.8 Å². The Morgan fingerprint density at radius 2 is 1.94 bits per heavy atom. The fraction of sp³-hybridized carbons (Fsp3) is 0.217. The van der Waals surface area contributed by atoms with E-state index in [0.29, 0.717) is 45.6 Å². The smallest absolute Gasteiger partial charge is 0.252 e. The molecule has 2 aromatic carbocycles. The molecule has 10 heteroatoms. The van der Waals surface area contributed by atoms with Gasteiger partial charge in [-0.15, -0.1) is 16.8 Å². The first-order valence-corrected chi connectivity index (χ1v) is 12.0. The molecule has 0 bridgehead atoms. The molecule has 33 heavy (non-hydrogen) atoms. The maximum Gasteiger partial charge on any atom is 0.252 e. The van der Waals surface area contributed by atoms with Crippen LogP contribution in [0.25, 0.3) is 0 Å². The number of nitrogens with one attached hydrogen (secondary N) is 2. The fourth-order valence-corrected chi connectivity index (χ4v) is 4.17. The van der Waals surface area contributed by atoms with Crippen LogP contribution in [-0.2, 0) is 17.9 Å². The Kier molecular flexibility index (Phi) is 9.08. The molecule has 2 N–H and O–H groups in total. The Labute approximate surface area is 204 Å². The van der Waals surface area contributed by atoms with E-state index in [1.807, 2.05) is 41.8 Å². The number of hydrogen-bond acceptors (Lipinski definition) is 6. The molecule has 8 nitrogen and oxygen atoms in total. The van der Waals surface area contributed by atoms with Crippen molar-refractivity contribution in [3.05, 3.63) is 77.0 Å². The third-order valence-corrected chi connectivity index (χ3v) is 6.08. The summed E-state index contributed by atoms with van der Waals surface area (Å²) >= 11 is 4.64. The predicted molar refractivity (Wildman–Crippen MR) is 132 cm³/mol. The zero-order valence-electron chi connectivity index (χ0n) is 18.1. The third-order valence-electron chi connectivity index (χ3n) is 4.42. The number of para-hydroxylation sites is 2. The van der Waals surface area contributed by atoms with Crippen molar-refractivity contribution in [2.24, 2.45) is 0 Å². The molecule has 0 spiro atoms. The lowest BCUT2D eigenvalue weighted by atomic mass is 10.2. The van der Waals surface area contributed by atoms with Gasteiger partial charge in [-0.05, 0) is 47.1 Å². The van der Waals surface area contributed by atoms with Gasteiger partial charge in [0.15, 0.2) is 11.0 Å². The first-order valence-electron chi connectivity index (χ1n) is 10.2. The number of carbonyl (C=O) groups excluding carboxylic acids is 2. The van der Waals surface area contributed by atoms with Gasteiger partial charge in [-0.1, -0.05) is 42.1 Å². The van der Waals surface area contributed by atoms with Gasteiger partial charge in [0.2, 0.25) is 5.91 Å². The first kappa shape index (κ1) is 24.5. The summed E-state index contributed by atoms with van der Waals surface area (Å²) in [5, 5.41) is 14.7. The van der Waals surface area contributed by atoms with E-state index < -0.39 is 0 Å². The molecule has 2 amide bonds. The number of amides is 2. The minimum atomic E-state index is -0.225. The number of carbonyl (C=O) groups is 2. The van der Waals surface area contributed by atoms with Crippen LogP contribution in [0, 0.1) is 0 Å². The molecular formula is C23H24BrN5O3S. The monoisotopic (exact) mass is 529 g/mol. The van der Waals surface area contributed by atoms with E-state index in [2.05, 4.69) is 43.3 Å². The van der Waals surface area contributed by atoms with Crippen LogP contribution in [0.4, 0.5) is 5.69 Å². The van der Waals surface area contributed by atoms with Gasteiger partial charge >= 0.3 is 0 Å². The number of hydrogen-bond donors (Lipinski definition) is 2. The molecule has 172 valence electrons. The molecular weight excluding hydrogens is 506 g/mol. The molecule has 3 aromatic rings. The molecule has 1 aromatic heterocycles. The van der Waals surface area contributed by atoms with Crippen molar-refractivity contribution in [3.8, 4) is 5.75 Å². The molecule has 3 rings (SSSR count). The average Bonchev–Trinajstić information content (AvgIpc) is 3.19. The second-order valence-corrected chi connectivity index (χ2v) is 8.52. The van der Waals surface area contributed by atoms with Crippen molar-refractivity contribution in [1.82, 2.24) is 20.1 Å². The lowest BCUT2D eigenvalue weighted by Crippen LogP contribution is -2.25. The highest BCUT2D eigenvalue weighted by molar-refractivity contribution is 9.10. The minimum Gasteiger partial charge on any atom is -0.492 e. The van der Waals surface area contributed by atoms with Gasteiger partial charge in [0.05, 0.1) is 30.2 Å². The van der Waals surface area contributed by atoms with Crippen molar-refractivity contribution in [2.45, 2.75) is 25.2 Å². The molecule has 0 saturated carbocycles. The van der Waals surface area contributed by atoms with Crippen LogP contribution in [0.2, 0.25) is 0 Å². The molecule has 1 heterocycles. The van der Waals surface area contributed by atoms with Crippen molar-refractivity contribution >= 4 is 45.2 Å². The van der Waals surface area contributed by atoms with E-state index in [9.17, 15) is 9.59 Å². The summed E-state index contributed by atoms with van der Waals surface area (Å²) in [4.78, 5) is 25.0. The van der Waals surface area contributed by atoms with E-state index in [1.54, 1.807) is 24.3 Å². The van der Waals surface area contributed by atoms with Crippen LogP contribution in [0.1, 0.15) is 23.1 Å². The number of rotatable bonds is 11. The number of thioether (sulfide) groups is 1. The van der Waals surface area contributed by atoms with Crippen LogP contribution in [0.3, 0.4) is 0 Å². The van der Waals surface area contributed by atoms with Gasteiger partial charge < -0.3 is 19.9 Å². The Balaban J connectivity index is 1.62. The van der Waals surface area contributed by atoms with Gasteiger partial charge in [0.1, 0.15) is 5.75 Å². The highest BCUT2D eigenvalue weighted by Gasteiger charge is 2.16. The minimum absolute atomic E-state index is 0.138. The fourth-order valence-electron chi connectivity index (χ4n) is 2.94. The van der Waals surface area contributed by atoms with E-state index >= 15 is 0 Å². The van der Waals surface area contributed by atoms with Gasteiger partial charge in [-0.2, -0.15) is 0 Å².